The van der Waals surface area contributed by atoms with E-state index in [1.807, 2.05) is 0 Å². The molecule has 0 atom stereocenters. The van der Waals surface area contributed by atoms with Crippen LogP contribution < -0.4 is 0 Å². The average Bonchev–Trinajstić information content (AvgIpc) is 2.74. The number of nitro benzene ring substituents is 1. The van der Waals surface area contributed by atoms with Crippen LogP contribution >= 0.6 is 15.9 Å². The Balaban J connectivity index is 2.71. The van der Waals surface area contributed by atoms with Crippen molar-refractivity contribution in [2.75, 3.05) is 0 Å². The van der Waals surface area contributed by atoms with Crippen LogP contribution in [-0.2, 0) is 0 Å². The molecule has 0 fully saturated rings. The van der Waals surface area contributed by atoms with Gasteiger partial charge in [-0.25, -0.2) is 0 Å². The van der Waals surface area contributed by atoms with Crippen molar-refractivity contribution in [2.24, 2.45) is 0 Å². The van der Waals surface area contributed by atoms with E-state index in [1.165, 1.54) is 30.7 Å². The summed E-state index contributed by atoms with van der Waals surface area (Å²) in [7, 11) is 0. The largest absolute Gasteiger partial charge is 0.472 e. The summed E-state index contributed by atoms with van der Waals surface area (Å²) in [5, 5.41) is 10.8. The number of nitrogens with zero attached hydrogens (tertiary/aromatic N) is 1. The van der Waals surface area contributed by atoms with Gasteiger partial charge >= 0.3 is 5.69 Å². The van der Waals surface area contributed by atoms with Crippen molar-refractivity contribution >= 4 is 21.6 Å². The zero-order chi connectivity index (χ0) is 11.7. The average molecular weight is 286 g/mol. The number of furan rings is 1. The van der Waals surface area contributed by atoms with Gasteiger partial charge in [-0.2, -0.15) is 4.39 Å². The molecule has 6 heteroatoms. The van der Waals surface area contributed by atoms with E-state index in [9.17, 15) is 14.5 Å². The molecule has 0 unspecified atom stereocenters. The number of benzene rings is 1. The van der Waals surface area contributed by atoms with Gasteiger partial charge in [0, 0.05) is 5.56 Å². The van der Waals surface area contributed by atoms with E-state index in [2.05, 4.69) is 15.9 Å². The van der Waals surface area contributed by atoms with E-state index >= 15 is 0 Å². The molecule has 0 spiro atoms. The van der Waals surface area contributed by atoms with Gasteiger partial charge in [-0.3, -0.25) is 10.1 Å². The molecule has 0 aliphatic rings. The Bertz CT molecular complexity index is 539. The lowest BCUT2D eigenvalue weighted by Gasteiger charge is -2.02. The zero-order valence-electron chi connectivity index (χ0n) is 7.81. The Labute approximate surface area is 98.0 Å². The molecule has 16 heavy (non-hydrogen) atoms. The maximum absolute atomic E-state index is 13.6. The Morgan fingerprint density at radius 2 is 2.12 bits per heavy atom. The van der Waals surface area contributed by atoms with Crippen LogP contribution in [0, 0.1) is 15.9 Å². The molecule has 0 aliphatic carbocycles. The highest BCUT2D eigenvalue weighted by atomic mass is 79.9. The Kier molecular flexibility index (Phi) is 2.74. The van der Waals surface area contributed by atoms with E-state index < -0.39 is 16.4 Å². The molecule has 1 heterocycles. The van der Waals surface area contributed by atoms with Gasteiger partial charge < -0.3 is 4.42 Å². The van der Waals surface area contributed by atoms with Crippen LogP contribution in [0.15, 0.2) is 39.6 Å². The SMILES string of the molecule is O=[N+]([O-])c1c(-c2ccoc2)ccc(Br)c1F. The van der Waals surface area contributed by atoms with Gasteiger partial charge in [0.1, 0.15) is 0 Å². The third-order valence-corrected chi connectivity index (χ3v) is 2.70. The van der Waals surface area contributed by atoms with Gasteiger partial charge in [0.2, 0.25) is 5.82 Å². The summed E-state index contributed by atoms with van der Waals surface area (Å²) >= 11 is 2.91. The molecule has 0 radical (unpaired) electrons. The van der Waals surface area contributed by atoms with Crippen molar-refractivity contribution in [1.29, 1.82) is 0 Å². The second kappa shape index (κ2) is 4.05. The first-order chi connectivity index (χ1) is 7.61. The lowest BCUT2D eigenvalue weighted by atomic mass is 10.1. The molecule has 1 aromatic heterocycles. The first kappa shape index (κ1) is 10.8. The first-order valence-corrected chi connectivity index (χ1v) is 5.05. The molecular formula is C10H5BrFNO3. The molecule has 0 N–H and O–H groups in total. The predicted molar refractivity (Wildman–Crippen MR) is 58.5 cm³/mol. The Hall–Kier alpha value is -1.69. The number of halogens is 2. The Morgan fingerprint density at radius 1 is 1.38 bits per heavy atom. The summed E-state index contributed by atoms with van der Waals surface area (Å²) in [5.41, 5.74) is 0.105. The van der Waals surface area contributed by atoms with Crippen molar-refractivity contribution in [2.45, 2.75) is 0 Å². The zero-order valence-corrected chi connectivity index (χ0v) is 9.40. The molecule has 2 rings (SSSR count). The molecule has 1 aromatic carbocycles. The summed E-state index contributed by atoms with van der Waals surface area (Å²) in [6.45, 7) is 0. The van der Waals surface area contributed by atoms with Gasteiger partial charge in [0.05, 0.1) is 27.5 Å². The van der Waals surface area contributed by atoms with Crippen molar-refractivity contribution in [1.82, 2.24) is 0 Å². The third kappa shape index (κ3) is 1.71. The van der Waals surface area contributed by atoms with Crippen molar-refractivity contribution in [3.63, 3.8) is 0 Å². The summed E-state index contributed by atoms with van der Waals surface area (Å²) in [4.78, 5) is 10.1. The fourth-order valence-electron chi connectivity index (χ4n) is 1.37. The van der Waals surface area contributed by atoms with Gasteiger partial charge in [-0.1, -0.05) is 0 Å². The lowest BCUT2D eigenvalue weighted by Crippen LogP contribution is -1.96. The molecule has 4 nitrogen and oxygen atoms in total. The quantitative estimate of drug-likeness (QED) is 0.624. The molecule has 0 saturated carbocycles. The smallest absolute Gasteiger partial charge is 0.313 e. The monoisotopic (exact) mass is 285 g/mol. The summed E-state index contributed by atoms with van der Waals surface area (Å²) in [6.07, 6.45) is 2.70. The number of nitro groups is 1. The van der Waals surface area contributed by atoms with E-state index in [0.717, 1.165) is 0 Å². The molecule has 0 bridgehead atoms. The molecule has 0 saturated heterocycles. The fourth-order valence-corrected chi connectivity index (χ4v) is 1.69. The number of hydrogen-bond acceptors (Lipinski definition) is 3. The lowest BCUT2D eigenvalue weighted by molar-refractivity contribution is -0.386. The number of rotatable bonds is 2. The normalized spacial score (nSPS) is 10.4. The summed E-state index contributed by atoms with van der Waals surface area (Å²) in [6, 6.07) is 4.43. The van der Waals surface area contributed by atoms with Crippen molar-refractivity contribution in [3.8, 4) is 11.1 Å². The minimum Gasteiger partial charge on any atom is -0.472 e. The third-order valence-electron chi connectivity index (χ3n) is 2.08. The maximum atomic E-state index is 13.6. The summed E-state index contributed by atoms with van der Waals surface area (Å²) < 4.78 is 18.5. The van der Waals surface area contributed by atoms with Crippen LogP contribution in [0.5, 0.6) is 0 Å². The van der Waals surface area contributed by atoms with Crippen LogP contribution in [0.3, 0.4) is 0 Å². The Morgan fingerprint density at radius 3 is 2.69 bits per heavy atom. The second-order valence-electron chi connectivity index (χ2n) is 3.03. The standard InChI is InChI=1S/C10H5BrFNO3/c11-8-2-1-7(6-3-4-16-5-6)10(9(8)12)13(14)15/h1-5H. The summed E-state index contributed by atoms with van der Waals surface area (Å²) in [5.74, 6) is -0.885. The van der Waals surface area contributed by atoms with E-state index in [1.54, 1.807) is 0 Å². The highest BCUT2D eigenvalue weighted by Crippen LogP contribution is 2.35. The highest BCUT2D eigenvalue weighted by molar-refractivity contribution is 9.10. The van der Waals surface area contributed by atoms with E-state index in [0.29, 0.717) is 5.56 Å². The molecular weight excluding hydrogens is 281 g/mol. The highest BCUT2D eigenvalue weighted by Gasteiger charge is 2.24. The van der Waals surface area contributed by atoms with Crippen LogP contribution in [0.25, 0.3) is 11.1 Å². The minimum absolute atomic E-state index is 0.0615. The predicted octanol–water partition coefficient (Wildman–Crippen LogP) is 3.76. The van der Waals surface area contributed by atoms with Crippen molar-refractivity contribution in [3.05, 3.63) is 51.1 Å². The van der Waals surface area contributed by atoms with Crippen LogP contribution in [0.1, 0.15) is 0 Å². The van der Waals surface area contributed by atoms with E-state index in [4.69, 9.17) is 4.42 Å². The van der Waals surface area contributed by atoms with Crippen LogP contribution in [-0.4, -0.2) is 4.92 Å². The van der Waals surface area contributed by atoms with Crippen molar-refractivity contribution < 1.29 is 13.7 Å². The van der Waals surface area contributed by atoms with E-state index in [-0.39, 0.29) is 10.0 Å². The van der Waals surface area contributed by atoms with Gasteiger partial charge in [-0.05, 0) is 34.1 Å². The van der Waals surface area contributed by atoms with Gasteiger partial charge in [0.15, 0.2) is 0 Å². The number of hydrogen-bond donors (Lipinski definition) is 0. The maximum Gasteiger partial charge on any atom is 0.313 e. The second-order valence-corrected chi connectivity index (χ2v) is 3.88. The fraction of sp³-hybridized carbons (Fsp3) is 0. The minimum atomic E-state index is -0.885. The molecule has 0 aliphatic heterocycles. The van der Waals surface area contributed by atoms with Crippen LogP contribution in [0.4, 0.5) is 10.1 Å². The molecule has 0 amide bonds. The topological polar surface area (TPSA) is 56.3 Å². The van der Waals surface area contributed by atoms with Gasteiger partial charge in [-0.15, -0.1) is 0 Å². The van der Waals surface area contributed by atoms with Crippen LogP contribution in [0.2, 0.25) is 0 Å². The van der Waals surface area contributed by atoms with Gasteiger partial charge in [0.25, 0.3) is 0 Å². The molecule has 2 aromatic rings. The first-order valence-electron chi connectivity index (χ1n) is 4.26. The molecule has 82 valence electrons.